The molecule has 2 aliphatic heterocycles. The van der Waals surface area contributed by atoms with Crippen molar-refractivity contribution in [3.8, 4) is 0 Å². The van der Waals surface area contributed by atoms with Gasteiger partial charge in [0, 0.05) is 18.3 Å². The van der Waals surface area contributed by atoms with E-state index in [1.54, 1.807) is 36.4 Å². The first-order chi connectivity index (χ1) is 11.0. The maximum Gasteiger partial charge on any atom is 0.310 e. The molecule has 120 valence electrons. The molecule has 0 saturated carbocycles. The fourth-order valence-corrected chi connectivity index (χ4v) is 3.02. The predicted octanol–water partition coefficient (Wildman–Crippen LogP) is 1.24. The molecule has 1 saturated heterocycles. The summed E-state index contributed by atoms with van der Waals surface area (Å²) in [6.07, 6.45) is 2.34. The van der Waals surface area contributed by atoms with E-state index in [1.165, 1.54) is 6.92 Å². The highest BCUT2D eigenvalue weighted by molar-refractivity contribution is 5.97. The molecule has 2 aliphatic rings. The maximum atomic E-state index is 12.5. The molecule has 23 heavy (non-hydrogen) atoms. The van der Waals surface area contributed by atoms with E-state index in [0.717, 1.165) is 0 Å². The largest absolute Gasteiger partial charge is 0.481 e. The zero-order valence-electron chi connectivity index (χ0n) is 12.4. The average Bonchev–Trinajstić information content (AvgIpc) is 3.07. The van der Waals surface area contributed by atoms with Gasteiger partial charge in [0.05, 0.1) is 18.1 Å². The summed E-state index contributed by atoms with van der Waals surface area (Å²) >= 11 is 0. The fraction of sp³-hybridized carbons (Fsp3) is 0.312. The number of rotatable bonds is 4. The molecule has 2 heterocycles. The molecule has 0 aliphatic carbocycles. The van der Waals surface area contributed by atoms with Gasteiger partial charge in [0.2, 0.25) is 11.8 Å². The van der Waals surface area contributed by atoms with Crippen molar-refractivity contribution in [2.45, 2.75) is 19.1 Å². The van der Waals surface area contributed by atoms with Crippen LogP contribution in [0.25, 0.3) is 0 Å². The van der Waals surface area contributed by atoms with Crippen molar-refractivity contribution in [3.05, 3.63) is 36.4 Å². The summed E-state index contributed by atoms with van der Waals surface area (Å²) in [7, 11) is 0. The van der Waals surface area contributed by atoms with Crippen molar-refractivity contribution in [1.29, 1.82) is 0 Å². The number of carbonyl (C=O) groups is 3. The minimum atomic E-state index is -1.05. The lowest BCUT2D eigenvalue weighted by Gasteiger charge is -2.21. The van der Waals surface area contributed by atoms with Gasteiger partial charge in [-0.3, -0.25) is 14.4 Å². The minimum Gasteiger partial charge on any atom is -0.481 e. The highest BCUT2D eigenvalue weighted by Gasteiger charge is 2.53. The molecule has 0 spiro atoms. The maximum absolute atomic E-state index is 12.5. The van der Waals surface area contributed by atoms with E-state index in [4.69, 9.17) is 4.74 Å². The molecular weight excluding hydrogens is 300 g/mol. The lowest BCUT2D eigenvalue weighted by Crippen LogP contribution is -2.39. The molecule has 0 unspecified atom stereocenters. The number of nitrogens with one attached hydrogen (secondary N) is 2. The predicted molar refractivity (Wildman–Crippen MR) is 81.8 cm³/mol. The molecule has 4 atom stereocenters. The summed E-state index contributed by atoms with van der Waals surface area (Å²) in [5, 5.41) is 14.6. The molecule has 1 fully saturated rings. The molecule has 3 rings (SSSR count). The van der Waals surface area contributed by atoms with Gasteiger partial charge in [0.15, 0.2) is 0 Å². The number of ether oxygens (including phenoxy) is 1. The quantitative estimate of drug-likeness (QED) is 0.725. The van der Waals surface area contributed by atoms with Crippen LogP contribution in [0, 0.1) is 11.8 Å². The smallest absolute Gasteiger partial charge is 0.310 e. The third kappa shape index (κ3) is 2.95. The van der Waals surface area contributed by atoms with Crippen LogP contribution in [-0.4, -0.2) is 35.1 Å². The second-order valence-corrected chi connectivity index (χ2v) is 5.59. The molecule has 0 aromatic heterocycles. The van der Waals surface area contributed by atoms with Crippen LogP contribution in [0.2, 0.25) is 0 Å². The lowest BCUT2D eigenvalue weighted by atomic mass is 9.82. The Labute approximate surface area is 132 Å². The number of carboxylic acids is 1. The summed E-state index contributed by atoms with van der Waals surface area (Å²) in [5.74, 6) is -3.33. The molecule has 7 nitrogen and oxygen atoms in total. The zero-order valence-corrected chi connectivity index (χ0v) is 12.4. The second-order valence-electron chi connectivity index (χ2n) is 5.59. The van der Waals surface area contributed by atoms with E-state index in [-0.39, 0.29) is 5.91 Å². The van der Waals surface area contributed by atoms with Crippen molar-refractivity contribution in [1.82, 2.24) is 0 Å². The molecule has 7 heteroatoms. The van der Waals surface area contributed by atoms with Gasteiger partial charge in [-0.05, 0) is 18.2 Å². The van der Waals surface area contributed by atoms with Gasteiger partial charge in [-0.1, -0.05) is 18.2 Å². The molecule has 2 amide bonds. The first-order valence-corrected chi connectivity index (χ1v) is 7.21. The van der Waals surface area contributed by atoms with Gasteiger partial charge in [-0.15, -0.1) is 0 Å². The van der Waals surface area contributed by atoms with Crippen LogP contribution in [0.15, 0.2) is 36.4 Å². The Balaban J connectivity index is 1.75. The van der Waals surface area contributed by atoms with Crippen LogP contribution in [0.1, 0.15) is 6.92 Å². The van der Waals surface area contributed by atoms with Gasteiger partial charge in [0.1, 0.15) is 5.92 Å². The van der Waals surface area contributed by atoms with E-state index in [2.05, 4.69) is 10.6 Å². The number of carbonyl (C=O) groups excluding carboxylic acids is 2. The number of anilines is 2. The zero-order chi connectivity index (χ0) is 16.6. The molecule has 0 radical (unpaired) electrons. The number of benzene rings is 1. The standard InChI is InChI=1S/C16H16N2O5/c1-8(19)17-9-3-2-4-10(7-9)18-15(20)13-11-5-6-12(23-11)14(13)16(21)22/h2-7,11-14H,1H3,(H,17,19)(H,18,20)(H,21,22)/t11-,12-,13+,14+/m1/s1. The van der Waals surface area contributed by atoms with Crippen LogP contribution in [0.3, 0.4) is 0 Å². The van der Waals surface area contributed by atoms with Crippen LogP contribution in [0.4, 0.5) is 11.4 Å². The summed E-state index contributed by atoms with van der Waals surface area (Å²) in [5.41, 5.74) is 1.03. The topological polar surface area (TPSA) is 105 Å². The number of carboxylic acid groups (broad SMARTS) is 1. The summed E-state index contributed by atoms with van der Waals surface area (Å²) in [6, 6.07) is 6.66. The number of aliphatic carboxylic acids is 1. The molecule has 1 aromatic rings. The number of hydrogen-bond acceptors (Lipinski definition) is 4. The molecule has 2 bridgehead atoms. The Kier molecular flexibility index (Phi) is 3.87. The van der Waals surface area contributed by atoms with Gasteiger partial charge < -0.3 is 20.5 Å². The Bertz CT molecular complexity index is 699. The third-order valence-electron chi connectivity index (χ3n) is 3.94. The Morgan fingerprint density at radius 1 is 1.04 bits per heavy atom. The van der Waals surface area contributed by atoms with Crippen LogP contribution in [0.5, 0.6) is 0 Å². The van der Waals surface area contributed by atoms with Gasteiger partial charge in [-0.25, -0.2) is 0 Å². The van der Waals surface area contributed by atoms with Crippen molar-refractivity contribution in [2.24, 2.45) is 11.8 Å². The monoisotopic (exact) mass is 316 g/mol. The van der Waals surface area contributed by atoms with E-state index in [0.29, 0.717) is 11.4 Å². The third-order valence-corrected chi connectivity index (χ3v) is 3.94. The number of fused-ring (bicyclic) bond motifs is 2. The van der Waals surface area contributed by atoms with E-state index in [9.17, 15) is 19.5 Å². The molecular formula is C16H16N2O5. The minimum absolute atomic E-state index is 0.217. The van der Waals surface area contributed by atoms with E-state index < -0.39 is 35.9 Å². The first-order valence-electron chi connectivity index (χ1n) is 7.21. The molecule has 3 N–H and O–H groups in total. The summed E-state index contributed by atoms with van der Waals surface area (Å²) in [6.45, 7) is 1.39. The SMILES string of the molecule is CC(=O)Nc1cccc(NC(=O)[C@@H]2[C@@H](C(=O)O)[C@H]3C=C[C@H]2O3)c1. The number of amides is 2. The Morgan fingerprint density at radius 3 is 2.26 bits per heavy atom. The van der Waals surface area contributed by atoms with Gasteiger partial charge in [-0.2, -0.15) is 0 Å². The van der Waals surface area contributed by atoms with Crippen LogP contribution < -0.4 is 10.6 Å². The molecule has 1 aromatic carbocycles. The van der Waals surface area contributed by atoms with E-state index >= 15 is 0 Å². The van der Waals surface area contributed by atoms with Crippen molar-refractivity contribution in [3.63, 3.8) is 0 Å². The van der Waals surface area contributed by atoms with Gasteiger partial charge in [0.25, 0.3) is 0 Å². The van der Waals surface area contributed by atoms with Crippen molar-refractivity contribution in [2.75, 3.05) is 10.6 Å². The van der Waals surface area contributed by atoms with Crippen LogP contribution >= 0.6 is 0 Å². The summed E-state index contributed by atoms with van der Waals surface area (Å²) in [4.78, 5) is 34.9. The van der Waals surface area contributed by atoms with Crippen molar-refractivity contribution >= 4 is 29.2 Å². The van der Waals surface area contributed by atoms with Gasteiger partial charge >= 0.3 is 5.97 Å². The Hall–Kier alpha value is -2.67. The highest BCUT2D eigenvalue weighted by atomic mass is 16.5. The highest BCUT2D eigenvalue weighted by Crippen LogP contribution is 2.39. The average molecular weight is 316 g/mol. The lowest BCUT2D eigenvalue weighted by molar-refractivity contribution is -0.145. The normalized spacial score (nSPS) is 27.7. The van der Waals surface area contributed by atoms with Crippen LogP contribution in [-0.2, 0) is 19.1 Å². The van der Waals surface area contributed by atoms with Crippen molar-refractivity contribution < 1.29 is 24.2 Å². The second kappa shape index (κ2) is 5.85. The Morgan fingerprint density at radius 2 is 1.65 bits per heavy atom. The fourth-order valence-electron chi connectivity index (χ4n) is 3.02. The van der Waals surface area contributed by atoms with E-state index in [1.807, 2.05) is 0 Å². The summed E-state index contributed by atoms with van der Waals surface area (Å²) < 4.78 is 5.48. The number of hydrogen-bond donors (Lipinski definition) is 3. The first kappa shape index (κ1) is 15.2.